The second-order valence-corrected chi connectivity index (χ2v) is 4.73. The van der Waals surface area contributed by atoms with Crippen molar-refractivity contribution in [3.8, 4) is 0 Å². The second-order valence-electron chi connectivity index (χ2n) is 4.73. The quantitative estimate of drug-likeness (QED) is 0.604. The molecule has 1 saturated heterocycles. The van der Waals surface area contributed by atoms with Crippen LogP contribution in [0.1, 0.15) is 26.7 Å². The van der Waals surface area contributed by atoms with E-state index in [4.69, 9.17) is 4.74 Å². The average Bonchev–Trinajstić information content (AvgIpc) is 2.82. The SMILES string of the molecule is C=C(C1CC1)[C@H]1COC(C)(C)N1C. The van der Waals surface area contributed by atoms with Gasteiger partial charge in [-0.05, 0) is 39.7 Å². The van der Waals surface area contributed by atoms with Crippen LogP contribution >= 0.6 is 0 Å². The first-order valence-corrected chi connectivity index (χ1v) is 5.08. The van der Waals surface area contributed by atoms with Crippen molar-refractivity contribution in [3.63, 3.8) is 0 Å². The molecule has 13 heavy (non-hydrogen) atoms. The summed E-state index contributed by atoms with van der Waals surface area (Å²) >= 11 is 0. The molecule has 0 aromatic carbocycles. The zero-order chi connectivity index (χ0) is 9.64. The fraction of sp³-hybridized carbons (Fsp3) is 0.818. The molecule has 0 spiro atoms. The first-order valence-electron chi connectivity index (χ1n) is 5.08. The van der Waals surface area contributed by atoms with Crippen LogP contribution in [-0.4, -0.2) is 30.3 Å². The Morgan fingerprint density at radius 2 is 2.08 bits per heavy atom. The number of rotatable bonds is 2. The van der Waals surface area contributed by atoms with Crippen LogP contribution in [-0.2, 0) is 4.74 Å². The van der Waals surface area contributed by atoms with Crippen LogP contribution in [0, 0.1) is 5.92 Å². The monoisotopic (exact) mass is 181 g/mol. The van der Waals surface area contributed by atoms with Gasteiger partial charge in [0.15, 0.2) is 0 Å². The molecule has 2 heteroatoms. The summed E-state index contributed by atoms with van der Waals surface area (Å²) in [4.78, 5) is 2.30. The summed E-state index contributed by atoms with van der Waals surface area (Å²) in [5, 5.41) is 0. The Morgan fingerprint density at radius 1 is 1.46 bits per heavy atom. The maximum atomic E-state index is 5.73. The number of nitrogens with zero attached hydrogens (tertiary/aromatic N) is 1. The largest absolute Gasteiger partial charge is 0.359 e. The lowest BCUT2D eigenvalue weighted by Crippen LogP contribution is -2.41. The van der Waals surface area contributed by atoms with E-state index >= 15 is 0 Å². The van der Waals surface area contributed by atoms with Gasteiger partial charge in [-0.2, -0.15) is 0 Å². The molecule has 0 N–H and O–H groups in total. The van der Waals surface area contributed by atoms with E-state index in [0.717, 1.165) is 12.5 Å². The molecule has 74 valence electrons. The van der Waals surface area contributed by atoms with E-state index in [2.05, 4.69) is 32.4 Å². The van der Waals surface area contributed by atoms with Crippen molar-refractivity contribution < 1.29 is 4.74 Å². The van der Waals surface area contributed by atoms with Gasteiger partial charge in [0.1, 0.15) is 5.72 Å². The molecule has 2 rings (SSSR count). The molecule has 2 nitrogen and oxygen atoms in total. The third-order valence-electron chi connectivity index (χ3n) is 3.44. The number of hydrogen-bond donors (Lipinski definition) is 0. The molecule has 1 aliphatic heterocycles. The number of ether oxygens (including phenoxy) is 1. The van der Waals surface area contributed by atoms with Crippen LogP contribution in [0.2, 0.25) is 0 Å². The molecule has 1 saturated carbocycles. The van der Waals surface area contributed by atoms with Gasteiger partial charge in [0, 0.05) is 0 Å². The lowest BCUT2D eigenvalue weighted by Gasteiger charge is -2.30. The minimum atomic E-state index is -0.109. The van der Waals surface area contributed by atoms with Gasteiger partial charge in [-0.1, -0.05) is 12.2 Å². The van der Waals surface area contributed by atoms with E-state index in [9.17, 15) is 0 Å². The summed E-state index contributed by atoms with van der Waals surface area (Å²) in [5.41, 5.74) is 1.27. The Hall–Kier alpha value is -0.340. The highest BCUT2D eigenvalue weighted by Crippen LogP contribution is 2.41. The standard InChI is InChI=1S/C11H19NO/c1-8(9-5-6-9)10-7-13-11(2,3)12(10)4/h9-10H,1,5-7H2,2-4H3/t10-/m1/s1. The van der Waals surface area contributed by atoms with E-state index in [1.807, 2.05) is 0 Å². The van der Waals surface area contributed by atoms with Crippen LogP contribution in [0.3, 0.4) is 0 Å². The molecular formula is C11H19NO. The van der Waals surface area contributed by atoms with E-state index in [0.29, 0.717) is 6.04 Å². The van der Waals surface area contributed by atoms with E-state index in [-0.39, 0.29) is 5.72 Å². The maximum Gasteiger partial charge on any atom is 0.116 e. The predicted octanol–water partition coefficient (Wildman–Crippen LogP) is 2.02. The molecule has 0 amide bonds. The lowest BCUT2D eigenvalue weighted by molar-refractivity contribution is -0.0405. The van der Waals surface area contributed by atoms with Crippen LogP contribution in [0.25, 0.3) is 0 Å². The first kappa shape index (κ1) is 9.22. The molecule has 0 unspecified atom stereocenters. The maximum absolute atomic E-state index is 5.73. The highest BCUT2D eigenvalue weighted by atomic mass is 16.5. The van der Waals surface area contributed by atoms with Crippen LogP contribution in [0.5, 0.6) is 0 Å². The van der Waals surface area contributed by atoms with Gasteiger partial charge in [-0.3, -0.25) is 4.90 Å². The molecule has 0 bridgehead atoms. The summed E-state index contributed by atoms with van der Waals surface area (Å²) in [5.74, 6) is 0.782. The zero-order valence-electron chi connectivity index (χ0n) is 8.84. The Balaban J connectivity index is 2.05. The van der Waals surface area contributed by atoms with Gasteiger partial charge in [0.25, 0.3) is 0 Å². The van der Waals surface area contributed by atoms with Gasteiger partial charge in [-0.25, -0.2) is 0 Å². The van der Waals surface area contributed by atoms with Gasteiger partial charge in [0.05, 0.1) is 12.6 Å². The minimum absolute atomic E-state index is 0.109. The van der Waals surface area contributed by atoms with Crippen molar-refractivity contribution in [1.29, 1.82) is 0 Å². The summed E-state index contributed by atoms with van der Waals surface area (Å²) < 4.78 is 5.73. The molecule has 1 heterocycles. The van der Waals surface area contributed by atoms with Crippen LogP contribution < -0.4 is 0 Å². The molecule has 1 atom stereocenters. The summed E-state index contributed by atoms with van der Waals surface area (Å²) in [7, 11) is 2.13. The van der Waals surface area contributed by atoms with Crippen molar-refractivity contribution >= 4 is 0 Å². The fourth-order valence-corrected chi connectivity index (χ4v) is 1.95. The number of likely N-dealkylation sites (N-methyl/N-ethyl adjacent to an activating group) is 1. The predicted molar refractivity (Wildman–Crippen MR) is 53.4 cm³/mol. The van der Waals surface area contributed by atoms with Crippen molar-refractivity contribution in [2.75, 3.05) is 13.7 Å². The third kappa shape index (κ3) is 1.53. The Labute approximate surface area is 80.6 Å². The smallest absolute Gasteiger partial charge is 0.116 e. The van der Waals surface area contributed by atoms with Crippen molar-refractivity contribution in [2.24, 2.45) is 5.92 Å². The van der Waals surface area contributed by atoms with E-state index in [1.165, 1.54) is 18.4 Å². The normalized spacial score (nSPS) is 33.6. The molecule has 2 aliphatic rings. The Kier molecular flexibility index (Phi) is 2.00. The minimum Gasteiger partial charge on any atom is -0.359 e. The first-order chi connectivity index (χ1) is 6.02. The van der Waals surface area contributed by atoms with Gasteiger partial charge in [-0.15, -0.1) is 0 Å². The third-order valence-corrected chi connectivity index (χ3v) is 3.44. The zero-order valence-corrected chi connectivity index (χ0v) is 8.84. The molecule has 1 aliphatic carbocycles. The Morgan fingerprint density at radius 3 is 2.46 bits per heavy atom. The van der Waals surface area contributed by atoms with Gasteiger partial charge < -0.3 is 4.74 Å². The molecular weight excluding hydrogens is 162 g/mol. The molecule has 0 aromatic heterocycles. The number of hydrogen-bond acceptors (Lipinski definition) is 2. The van der Waals surface area contributed by atoms with Crippen molar-refractivity contribution in [1.82, 2.24) is 4.90 Å². The summed E-state index contributed by atoms with van der Waals surface area (Å²) in [6, 6.07) is 0.447. The Bertz CT molecular complexity index is 230. The second kappa shape index (κ2) is 2.82. The van der Waals surface area contributed by atoms with Gasteiger partial charge in [0.2, 0.25) is 0 Å². The summed E-state index contributed by atoms with van der Waals surface area (Å²) in [6.07, 6.45) is 2.67. The average molecular weight is 181 g/mol. The van der Waals surface area contributed by atoms with Crippen LogP contribution in [0.4, 0.5) is 0 Å². The van der Waals surface area contributed by atoms with Gasteiger partial charge >= 0.3 is 0 Å². The lowest BCUT2D eigenvalue weighted by atomic mass is 10.0. The van der Waals surface area contributed by atoms with Crippen molar-refractivity contribution in [3.05, 3.63) is 12.2 Å². The highest BCUT2D eigenvalue weighted by Gasteiger charge is 2.42. The van der Waals surface area contributed by atoms with Crippen molar-refractivity contribution in [2.45, 2.75) is 38.5 Å². The topological polar surface area (TPSA) is 12.5 Å². The molecule has 0 aromatic rings. The van der Waals surface area contributed by atoms with Crippen LogP contribution in [0.15, 0.2) is 12.2 Å². The summed E-state index contributed by atoms with van der Waals surface area (Å²) in [6.45, 7) is 9.25. The molecule has 0 radical (unpaired) electrons. The fourth-order valence-electron chi connectivity index (χ4n) is 1.95. The highest BCUT2D eigenvalue weighted by molar-refractivity contribution is 5.17. The van der Waals surface area contributed by atoms with E-state index in [1.54, 1.807) is 0 Å². The van der Waals surface area contributed by atoms with E-state index < -0.39 is 0 Å². The molecule has 2 fully saturated rings.